The van der Waals surface area contributed by atoms with Crippen LogP contribution in [-0.4, -0.2) is 8.42 Å². The zero-order valence-corrected chi connectivity index (χ0v) is 9.93. The van der Waals surface area contributed by atoms with Gasteiger partial charge in [0, 0.05) is 0 Å². The first kappa shape index (κ1) is 12.0. The Morgan fingerprint density at radius 1 is 1.20 bits per heavy atom. The lowest BCUT2D eigenvalue weighted by atomic mass is 9.87. The zero-order valence-electron chi connectivity index (χ0n) is 9.11. The van der Waals surface area contributed by atoms with Crippen LogP contribution in [0.3, 0.4) is 0 Å². The minimum Gasteiger partial charge on any atom is -0.398 e. The Balaban J connectivity index is 3.63. The molecule has 0 aliphatic rings. The van der Waals surface area contributed by atoms with Crippen LogP contribution in [0.5, 0.6) is 0 Å². The number of sulfonamides is 1. The van der Waals surface area contributed by atoms with E-state index in [0.717, 1.165) is 0 Å². The molecule has 0 aromatic heterocycles. The van der Waals surface area contributed by atoms with Crippen LogP contribution in [0, 0.1) is 0 Å². The van der Waals surface area contributed by atoms with Gasteiger partial charge >= 0.3 is 0 Å². The highest BCUT2D eigenvalue weighted by atomic mass is 32.2. The normalized spacial score (nSPS) is 12.8. The molecule has 0 aliphatic heterocycles. The SMILES string of the molecule is CC(C)(C)c1cccc(N)c1S(N)(=O)=O. The third-order valence-electron chi connectivity index (χ3n) is 2.14. The van der Waals surface area contributed by atoms with Crippen LogP contribution in [-0.2, 0) is 15.4 Å². The second-order valence-corrected chi connectivity index (χ2v) is 6.02. The fraction of sp³-hybridized carbons (Fsp3) is 0.400. The van der Waals surface area contributed by atoms with E-state index in [4.69, 9.17) is 10.9 Å². The Labute approximate surface area is 90.3 Å². The van der Waals surface area contributed by atoms with Gasteiger partial charge in [0.25, 0.3) is 0 Å². The molecule has 0 fully saturated rings. The highest BCUT2D eigenvalue weighted by Gasteiger charge is 2.25. The highest BCUT2D eigenvalue weighted by molar-refractivity contribution is 7.89. The number of anilines is 1. The molecule has 4 N–H and O–H groups in total. The lowest BCUT2D eigenvalue weighted by Crippen LogP contribution is -2.22. The molecule has 0 saturated carbocycles. The molecular formula is C10H16N2O2S. The van der Waals surface area contributed by atoms with E-state index in [2.05, 4.69) is 0 Å². The number of hydrogen-bond donors (Lipinski definition) is 2. The summed E-state index contributed by atoms with van der Waals surface area (Å²) in [7, 11) is -3.77. The smallest absolute Gasteiger partial charge is 0.240 e. The van der Waals surface area contributed by atoms with Gasteiger partial charge in [-0.1, -0.05) is 32.9 Å². The zero-order chi connectivity index (χ0) is 11.9. The van der Waals surface area contributed by atoms with E-state index in [1.54, 1.807) is 12.1 Å². The molecule has 0 bridgehead atoms. The molecule has 0 saturated heterocycles. The van der Waals surface area contributed by atoms with Gasteiger partial charge in [-0.15, -0.1) is 0 Å². The molecule has 1 aromatic carbocycles. The predicted octanol–water partition coefficient (Wildman–Crippen LogP) is 1.21. The number of hydrogen-bond acceptors (Lipinski definition) is 3. The summed E-state index contributed by atoms with van der Waals surface area (Å²) >= 11 is 0. The Kier molecular flexibility index (Phi) is 2.80. The van der Waals surface area contributed by atoms with E-state index in [-0.39, 0.29) is 16.0 Å². The van der Waals surface area contributed by atoms with Crippen molar-refractivity contribution < 1.29 is 8.42 Å². The molecule has 1 aromatic rings. The molecule has 0 heterocycles. The molecule has 5 heteroatoms. The van der Waals surface area contributed by atoms with E-state index in [1.807, 2.05) is 20.8 Å². The number of primary sulfonamides is 1. The predicted molar refractivity (Wildman–Crippen MR) is 60.9 cm³/mol. The van der Waals surface area contributed by atoms with E-state index in [0.29, 0.717) is 5.56 Å². The average Bonchev–Trinajstić information content (AvgIpc) is 1.99. The van der Waals surface area contributed by atoms with E-state index >= 15 is 0 Å². The van der Waals surface area contributed by atoms with E-state index in [1.165, 1.54) is 6.07 Å². The molecule has 0 spiro atoms. The molecule has 84 valence electrons. The van der Waals surface area contributed by atoms with E-state index < -0.39 is 10.0 Å². The Hall–Kier alpha value is -1.07. The van der Waals surface area contributed by atoms with Crippen LogP contribution >= 0.6 is 0 Å². The van der Waals surface area contributed by atoms with Crippen molar-refractivity contribution in [1.29, 1.82) is 0 Å². The van der Waals surface area contributed by atoms with Crippen LogP contribution in [0.1, 0.15) is 26.3 Å². The maximum absolute atomic E-state index is 11.4. The Morgan fingerprint density at radius 2 is 1.73 bits per heavy atom. The lowest BCUT2D eigenvalue weighted by Gasteiger charge is -2.22. The van der Waals surface area contributed by atoms with Crippen molar-refractivity contribution >= 4 is 15.7 Å². The molecule has 4 nitrogen and oxygen atoms in total. The summed E-state index contributed by atoms with van der Waals surface area (Å²) in [5.74, 6) is 0. The van der Waals surface area contributed by atoms with Crippen LogP contribution in [0.4, 0.5) is 5.69 Å². The first-order valence-corrected chi connectivity index (χ1v) is 6.10. The number of benzene rings is 1. The van der Waals surface area contributed by atoms with Crippen molar-refractivity contribution in [2.45, 2.75) is 31.1 Å². The summed E-state index contributed by atoms with van der Waals surface area (Å²) < 4.78 is 22.8. The Morgan fingerprint density at radius 3 is 2.07 bits per heavy atom. The molecule has 0 aliphatic carbocycles. The summed E-state index contributed by atoms with van der Waals surface area (Å²) in [5, 5.41) is 5.15. The first-order chi connectivity index (χ1) is 6.64. The second-order valence-electron chi connectivity index (χ2n) is 4.52. The number of nitrogens with two attached hydrogens (primary N) is 2. The fourth-order valence-corrected chi connectivity index (χ4v) is 2.54. The van der Waals surface area contributed by atoms with Gasteiger partial charge in [-0.3, -0.25) is 0 Å². The minimum absolute atomic E-state index is 0.0394. The third kappa shape index (κ3) is 2.49. The molecule has 1 rings (SSSR count). The molecule has 0 atom stereocenters. The van der Waals surface area contributed by atoms with Crippen molar-refractivity contribution in [3.05, 3.63) is 23.8 Å². The average molecular weight is 228 g/mol. The van der Waals surface area contributed by atoms with Gasteiger partial charge in [0.05, 0.1) is 5.69 Å². The van der Waals surface area contributed by atoms with Gasteiger partial charge in [-0.25, -0.2) is 13.6 Å². The Bertz CT molecular complexity index is 473. The lowest BCUT2D eigenvalue weighted by molar-refractivity contribution is 0.563. The van der Waals surface area contributed by atoms with Crippen molar-refractivity contribution in [3.63, 3.8) is 0 Å². The van der Waals surface area contributed by atoms with Crippen LogP contribution in [0.2, 0.25) is 0 Å². The molecule has 0 unspecified atom stereocenters. The summed E-state index contributed by atoms with van der Waals surface area (Å²) in [4.78, 5) is 0.0394. The van der Waals surface area contributed by atoms with E-state index in [9.17, 15) is 8.42 Å². The quantitative estimate of drug-likeness (QED) is 0.708. The monoisotopic (exact) mass is 228 g/mol. The summed E-state index contributed by atoms with van der Waals surface area (Å²) in [5.41, 5.74) is 6.18. The van der Waals surface area contributed by atoms with Gasteiger partial charge in [0.15, 0.2) is 0 Å². The first-order valence-electron chi connectivity index (χ1n) is 4.56. The summed E-state index contributed by atoms with van der Waals surface area (Å²) in [6.45, 7) is 5.74. The maximum atomic E-state index is 11.4. The second kappa shape index (κ2) is 3.50. The summed E-state index contributed by atoms with van der Waals surface area (Å²) in [6.07, 6.45) is 0. The summed E-state index contributed by atoms with van der Waals surface area (Å²) in [6, 6.07) is 5.00. The van der Waals surface area contributed by atoms with Crippen LogP contribution in [0.25, 0.3) is 0 Å². The minimum atomic E-state index is -3.77. The van der Waals surface area contributed by atoms with Gasteiger partial charge in [0.2, 0.25) is 10.0 Å². The number of rotatable bonds is 1. The van der Waals surface area contributed by atoms with Gasteiger partial charge in [-0.05, 0) is 17.0 Å². The van der Waals surface area contributed by atoms with Crippen molar-refractivity contribution in [2.24, 2.45) is 5.14 Å². The maximum Gasteiger partial charge on any atom is 0.240 e. The fourth-order valence-electron chi connectivity index (χ4n) is 1.46. The van der Waals surface area contributed by atoms with Crippen molar-refractivity contribution in [1.82, 2.24) is 0 Å². The highest BCUT2D eigenvalue weighted by Crippen LogP contribution is 2.31. The van der Waals surface area contributed by atoms with Crippen molar-refractivity contribution in [3.8, 4) is 0 Å². The van der Waals surface area contributed by atoms with Crippen LogP contribution in [0.15, 0.2) is 23.1 Å². The molecular weight excluding hydrogens is 212 g/mol. The largest absolute Gasteiger partial charge is 0.398 e. The standard InChI is InChI=1S/C10H16N2O2S/c1-10(2,3)7-5-4-6-8(11)9(7)15(12,13)14/h4-6H,11H2,1-3H3,(H2,12,13,14). The van der Waals surface area contributed by atoms with Gasteiger partial charge < -0.3 is 5.73 Å². The van der Waals surface area contributed by atoms with Crippen molar-refractivity contribution in [2.75, 3.05) is 5.73 Å². The number of nitrogen functional groups attached to an aromatic ring is 1. The molecule has 0 amide bonds. The van der Waals surface area contributed by atoms with Gasteiger partial charge in [0.1, 0.15) is 4.90 Å². The third-order valence-corrected chi connectivity index (χ3v) is 3.16. The topological polar surface area (TPSA) is 86.2 Å². The van der Waals surface area contributed by atoms with Gasteiger partial charge in [-0.2, -0.15) is 0 Å². The molecule has 0 radical (unpaired) electrons. The molecule has 15 heavy (non-hydrogen) atoms. The van der Waals surface area contributed by atoms with Crippen LogP contribution < -0.4 is 10.9 Å².